The van der Waals surface area contributed by atoms with Gasteiger partial charge in [0.05, 0.1) is 6.04 Å². The van der Waals surface area contributed by atoms with E-state index in [4.69, 9.17) is 11.6 Å². The Labute approximate surface area is 119 Å². The van der Waals surface area contributed by atoms with Gasteiger partial charge in [0.25, 0.3) is 0 Å². The summed E-state index contributed by atoms with van der Waals surface area (Å²) in [5.41, 5.74) is 2.36. The Morgan fingerprint density at radius 2 is 2.06 bits per heavy atom. The Bertz CT molecular complexity index is 498. The van der Waals surface area contributed by atoms with Crippen LogP contribution < -0.4 is 5.32 Å². The highest BCUT2D eigenvalue weighted by atomic mass is 79.9. The van der Waals surface area contributed by atoms with Gasteiger partial charge in [-0.15, -0.1) is 0 Å². The van der Waals surface area contributed by atoms with Gasteiger partial charge >= 0.3 is 0 Å². The lowest BCUT2D eigenvalue weighted by atomic mass is 10.0. The zero-order valence-corrected chi connectivity index (χ0v) is 12.6. The number of nitrogens with one attached hydrogen (secondary N) is 1. The van der Waals surface area contributed by atoms with Crippen molar-refractivity contribution in [3.05, 3.63) is 55.6 Å². The van der Waals surface area contributed by atoms with Crippen LogP contribution in [0.4, 0.5) is 0 Å². The molecule has 0 saturated carbocycles. The molecule has 1 atom stereocenters. The largest absolute Gasteiger partial charge is 0.306 e. The molecule has 17 heavy (non-hydrogen) atoms. The summed E-state index contributed by atoms with van der Waals surface area (Å²) >= 11 is 11.5. The molecule has 1 aromatic heterocycles. The molecule has 0 aliphatic rings. The van der Waals surface area contributed by atoms with E-state index in [1.807, 2.05) is 18.2 Å². The fourth-order valence-corrected chi connectivity index (χ4v) is 3.59. The molecular weight excluding hydrogens is 318 g/mol. The van der Waals surface area contributed by atoms with Crippen LogP contribution in [0.1, 0.15) is 24.1 Å². The molecule has 0 spiro atoms. The first-order valence-electron chi connectivity index (χ1n) is 5.43. The van der Waals surface area contributed by atoms with E-state index in [-0.39, 0.29) is 6.04 Å². The van der Waals surface area contributed by atoms with Gasteiger partial charge in [-0.2, -0.15) is 11.3 Å². The molecule has 0 aliphatic heterocycles. The highest BCUT2D eigenvalue weighted by Gasteiger charge is 2.18. The third kappa shape index (κ3) is 2.91. The maximum absolute atomic E-state index is 6.27. The van der Waals surface area contributed by atoms with Crippen molar-refractivity contribution in [2.45, 2.75) is 13.0 Å². The van der Waals surface area contributed by atoms with E-state index < -0.39 is 0 Å². The van der Waals surface area contributed by atoms with Gasteiger partial charge in [0.15, 0.2) is 0 Å². The van der Waals surface area contributed by atoms with Gasteiger partial charge in [-0.1, -0.05) is 36.7 Å². The molecule has 1 N–H and O–H groups in total. The molecule has 0 amide bonds. The van der Waals surface area contributed by atoms with Gasteiger partial charge in [0, 0.05) is 14.9 Å². The lowest BCUT2D eigenvalue weighted by molar-refractivity contribution is 0.630. The second-order valence-electron chi connectivity index (χ2n) is 3.69. The number of benzene rings is 1. The smallest absolute Gasteiger partial charge is 0.0610 e. The molecule has 0 bridgehead atoms. The molecule has 1 aromatic carbocycles. The van der Waals surface area contributed by atoms with Gasteiger partial charge < -0.3 is 5.32 Å². The third-order valence-corrected chi connectivity index (χ3v) is 4.67. The lowest BCUT2D eigenvalue weighted by Gasteiger charge is -2.19. The van der Waals surface area contributed by atoms with Gasteiger partial charge in [-0.25, -0.2) is 0 Å². The van der Waals surface area contributed by atoms with Gasteiger partial charge in [-0.05, 0) is 45.0 Å². The zero-order chi connectivity index (χ0) is 12.3. The van der Waals surface area contributed by atoms with Crippen LogP contribution in [0.2, 0.25) is 5.02 Å². The topological polar surface area (TPSA) is 12.0 Å². The summed E-state index contributed by atoms with van der Waals surface area (Å²) in [7, 11) is 0. The zero-order valence-electron chi connectivity index (χ0n) is 9.41. The number of hydrogen-bond donors (Lipinski definition) is 1. The predicted octanol–water partition coefficient (Wildman–Crippen LogP) is 4.86. The number of halogens is 2. The van der Waals surface area contributed by atoms with Gasteiger partial charge in [0.2, 0.25) is 0 Å². The summed E-state index contributed by atoms with van der Waals surface area (Å²) < 4.78 is 1.13. The third-order valence-electron chi connectivity index (χ3n) is 2.58. The van der Waals surface area contributed by atoms with Crippen molar-refractivity contribution in [2.75, 3.05) is 6.54 Å². The first-order chi connectivity index (χ1) is 8.24. The molecule has 1 unspecified atom stereocenters. The second-order valence-corrected chi connectivity index (χ2v) is 5.69. The molecule has 0 saturated heterocycles. The summed E-state index contributed by atoms with van der Waals surface area (Å²) in [6.45, 7) is 3.00. The van der Waals surface area contributed by atoms with Gasteiger partial charge in [0.1, 0.15) is 0 Å². The van der Waals surface area contributed by atoms with Crippen LogP contribution in [-0.4, -0.2) is 6.54 Å². The normalized spacial score (nSPS) is 12.6. The Balaban J connectivity index is 2.43. The van der Waals surface area contributed by atoms with Crippen molar-refractivity contribution in [2.24, 2.45) is 0 Å². The van der Waals surface area contributed by atoms with E-state index in [0.29, 0.717) is 0 Å². The van der Waals surface area contributed by atoms with Crippen LogP contribution in [0.25, 0.3) is 0 Å². The molecular formula is C13H13BrClNS. The fraction of sp³-hybridized carbons (Fsp3) is 0.231. The molecule has 0 aliphatic carbocycles. The van der Waals surface area contributed by atoms with Crippen LogP contribution in [-0.2, 0) is 0 Å². The van der Waals surface area contributed by atoms with Crippen molar-refractivity contribution in [3.8, 4) is 0 Å². The van der Waals surface area contributed by atoms with Crippen molar-refractivity contribution >= 4 is 38.9 Å². The summed E-state index contributed by atoms with van der Waals surface area (Å²) in [6.07, 6.45) is 0. The minimum absolute atomic E-state index is 0.148. The van der Waals surface area contributed by atoms with Crippen LogP contribution in [0.5, 0.6) is 0 Å². The van der Waals surface area contributed by atoms with Crippen LogP contribution in [0.3, 0.4) is 0 Å². The van der Waals surface area contributed by atoms with Crippen molar-refractivity contribution < 1.29 is 0 Å². The highest BCUT2D eigenvalue weighted by Crippen LogP contribution is 2.34. The van der Waals surface area contributed by atoms with E-state index in [0.717, 1.165) is 21.6 Å². The SMILES string of the molecule is CCNC(c1ccccc1Cl)c1cscc1Br. The maximum Gasteiger partial charge on any atom is 0.0610 e. The molecule has 0 fully saturated rings. The van der Waals surface area contributed by atoms with Crippen molar-refractivity contribution in [3.63, 3.8) is 0 Å². The van der Waals surface area contributed by atoms with E-state index in [9.17, 15) is 0 Å². The highest BCUT2D eigenvalue weighted by molar-refractivity contribution is 9.10. The Kier molecular flexibility index (Phi) is 4.62. The summed E-state index contributed by atoms with van der Waals surface area (Å²) in [5, 5.41) is 8.52. The van der Waals surface area contributed by atoms with E-state index >= 15 is 0 Å². The molecule has 1 nitrogen and oxygen atoms in total. The molecule has 4 heteroatoms. The van der Waals surface area contributed by atoms with E-state index in [1.54, 1.807) is 11.3 Å². The van der Waals surface area contributed by atoms with Crippen LogP contribution >= 0.6 is 38.9 Å². The molecule has 0 radical (unpaired) electrons. The number of thiophene rings is 1. The Hall–Kier alpha value is -0.350. The average molecular weight is 331 g/mol. The standard InChI is InChI=1S/C13H13BrClNS/c1-2-16-13(10-7-17-8-11(10)14)9-5-3-4-6-12(9)15/h3-8,13,16H,2H2,1H3. The fourth-order valence-electron chi connectivity index (χ4n) is 1.80. The number of hydrogen-bond acceptors (Lipinski definition) is 2. The molecule has 1 heterocycles. The Morgan fingerprint density at radius 1 is 1.29 bits per heavy atom. The van der Waals surface area contributed by atoms with E-state index in [2.05, 4.69) is 45.0 Å². The van der Waals surface area contributed by atoms with Crippen molar-refractivity contribution in [1.82, 2.24) is 5.32 Å². The summed E-state index contributed by atoms with van der Waals surface area (Å²) in [5.74, 6) is 0. The first-order valence-corrected chi connectivity index (χ1v) is 7.54. The average Bonchev–Trinajstić information content (AvgIpc) is 2.74. The van der Waals surface area contributed by atoms with Crippen molar-refractivity contribution in [1.29, 1.82) is 0 Å². The second kappa shape index (κ2) is 6.01. The van der Waals surface area contributed by atoms with Gasteiger partial charge in [-0.3, -0.25) is 0 Å². The maximum atomic E-state index is 6.27. The van der Waals surface area contributed by atoms with Crippen LogP contribution in [0, 0.1) is 0 Å². The monoisotopic (exact) mass is 329 g/mol. The molecule has 2 rings (SSSR count). The van der Waals surface area contributed by atoms with Crippen LogP contribution in [0.15, 0.2) is 39.5 Å². The minimum Gasteiger partial charge on any atom is -0.306 e. The summed E-state index contributed by atoms with van der Waals surface area (Å²) in [4.78, 5) is 0. The molecule has 90 valence electrons. The lowest BCUT2D eigenvalue weighted by Crippen LogP contribution is -2.22. The summed E-state index contributed by atoms with van der Waals surface area (Å²) in [6, 6.07) is 8.12. The number of rotatable bonds is 4. The Morgan fingerprint density at radius 3 is 2.65 bits per heavy atom. The van der Waals surface area contributed by atoms with E-state index in [1.165, 1.54) is 5.56 Å². The molecule has 2 aromatic rings. The quantitative estimate of drug-likeness (QED) is 0.844. The first kappa shape index (κ1) is 13.1. The minimum atomic E-state index is 0.148. The predicted molar refractivity (Wildman–Crippen MR) is 79.0 cm³/mol.